The first-order valence-electron chi connectivity index (χ1n) is 9.33. The molecule has 0 aromatic carbocycles. The normalized spacial score (nSPS) is 21.2. The molecule has 0 spiro atoms. The summed E-state index contributed by atoms with van der Waals surface area (Å²) in [7, 11) is 0. The first-order chi connectivity index (χ1) is 12.5. The van der Waals surface area contributed by atoms with Gasteiger partial charge in [-0.3, -0.25) is 24.9 Å². The van der Waals surface area contributed by atoms with Gasteiger partial charge in [0.05, 0.1) is 19.1 Å². The van der Waals surface area contributed by atoms with Gasteiger partial charge >= 0.3 is 5.97 Å². The number of rotatable bonds is 10. The van der Waals surface area contributed by atoms with Crippen LogP contribution in [0.1, 0.15) is 52.4 Å². The number of carbonyl (C=O) groups excluding carboxylic acids is 3. The van der Waals surface area contributed by atoms with Crippen LogP contribution in [-0.4, -0.2) is 48.2 Å². The van der Waals surface area contributed by atoms with Crippen LogP contribution < -0.4 is 16.1 Å². The Bertz CT molecular complexity index is 495. The Hall–Kier alpha value is -1.93. The van der Waals surface area contributed by atoms with Crippen LogP contribution >= 0.6 is 0 Å². The van der Waals surface area contributed by atoms with Crippen LogP contribution in [0.3, 0.4) is 0 Å². The second-order valence-corrected chi connectivity index (χ2v) is 6.37. The van der Waals surface area contributed by atoms with Crippen LogP contribution in [0.2, 0.25) is 0 Å². The van der Waals surface area contributed by atoms with E-state index in [0.717, 1.165) is 32.1 Å². The predicted octanol–water partition coefficient (Wildman–Crippen LogP) is 1.04. The minimum Gasteiger partial charge on any atom is -0.466 e. The lowest BCUT2D eigenvalue weighted by molar-refractivity contribution is -0.150. The standard InChI is InChI=1S/C18H31N3O5/c1-3-5-6-11-15(19-12-16(22)21-25)17(23)20-14-10-8-7-9-13(14)18(24)26-4-2/h6,11,13-15,19,25H,3-5,7-10,12H2,1-2H3,(H,20,23)(H,21,22). The summed E-state index contributed by atoms with van der Waals surface area (Å²) in [6, 6.07) is -0.991. The molecule has 1 rings (SSSR count). The van der Waals surface area contributed by atoms with Crippen LogP contribution in [0, 0.1) is 5.92 Å². The van der Waals surface area contributed by atoms with Gasteiger partial charge in [-0.05, 0) is 26.2 Å². The smallest absolute Gasteiger partial charge is 0.311 e. The number of hydroxylamine groups is 1. The quantitative estimate of drug-likeness (QED) is 0.198. The molecule has 1 fully saturated rings. The van der Waals surface area contributed by atoms with E-state index in [1.54, 1.807) is 13.0 Å². The highest BCUT2D eigenvalue weighted by molar-refractivity contribution is 5.86. The summed E-state index contributed by atoms with van der Waals surface area (Å²) in [6.07, 6.45) is 8.62. The van der Waals surface area contributed by atoms with Crippen molar-refractivity contribution in [2.75, 3.05) is 13.2 Å². The van der Waals surface area contributed by atoms with Gasteiger partial charge in [0.25, 0.3) is 5.91 Å². The molecule has 0 radical (unpaired) electrons. The molecule has 2 amide bonds. The van der Waals surface area contributed by atoms with Crippen LogP contribution in [-0.2, 0) is 19.1 Å². The second-order valence-electron chi connectivity index (χ2n) is 6.37. The molecule has 148 valence electrons. The fourth-order valence-electron chi connectivity index (χ4n) is 3.00. The zero-order chi connectivity index (χ0) is 19.4. The molecule has 8 heteroatoms. The van der Waals surface area contributed by atoms with Crippen molar-refractivity contribution in [1.29, 1.82) is 0 Å². The molecule has 1 aliphatic carbocycles. The third-order valence-electron chi connectivity index (χ3n) is 4.36. The van der Waals surface area contributed by atoms with Gasteiger partial charge in [-0.15, -0.1) is 0 Å². The van der Waals surface area contributed by atoms with E-state index in [9.17, 15) is 14.4 Å². The second kappa shape index (κ2) is 12.4. The van der Waals surface area contributed by atoms with E-state index >= 15 is 0 Å². The highest BCUT2D eigenvalue weighted by atomic mass is 16.5. The fraction of sp³-hybridized carbons (Fsp3) is 0.722. The summed E-state index contributed by atoms with van der Waals surface area (Å²) < 4.78 is 5.13. The maximum Gasteiger partial charge on any atom is 0.311 e. The largest absolute Gasteiger partial charge is 0.466 e. The lowest BCUT2D eigenvalue weighted by Crippen LogP contribution is -2.52. The van der Waals surface area contributed by atoms with Crippen molar-refractivity contribution in [2.24, 2.45) is 5.92 Å². The van der Waals surface area contributed by atoms with Gasteiger partial charge in [0, 0.05) is 6.04 Å². The zero-order valence-electron chi connectivity index (χ0n) is 15.6. The summed E-state index contributed by atoms with van der Waals surface area (Å²) in [5.74, 6) is -1.55. The molecule has 1 aliphatic rings. The number of amides is 2. The summed E-state index contributed by atoms with van der Waals surface area (Å²) in [5, 5.41) is 14.3. The summed E-state index contributed by atoms with van der Waals surface area (Å²) in [4.78, 5) is 36.0. The van der Waals surface area contributed by atoms with Gasteiger partial charge in [0.1, 0.15) is 6.04 Å². The Balaban J connectivity index is 2.74. The van der Waals surface area contributed by atoms with Gasteiger partial charge in [0.15, 0.2) is 0 Å². The maximum atomic E-state index is 12.7. The Labute approximate surface area is 154 Å². The van der Waals surface area contributed by atoms with Crippen LogP contribution in [0.4, 0.5) is 0 Å². The number of hydrogen-bond acceptors (Lipinski definition) is 6. The Kier molecular flexibility index (Phi) is 10.6. The lowest BCUT2D eigenvalue weighted by atomic mass is 9.84. The zero-order valence-corrected chi connectivity index (χ0v) is 15.6. The molecule has 4 N–H and O–H groups in total. The number of carbonyl (C=O) groups is 3. The van der Waals surface area contributed by atoms with Crippen molar-refractivity contribution >= 4 is 17.8 Å². The van der Waals surface area contributed by atoms with Crippen molar-refractivity contribution < 1.29 is 24.3 Å². The van der Waals surface area contributed by atoms with Gasteiger partial charge in [-0.2, -0.15) is 0 Å². The molecule has 0 bridgehead atoms. The van der Waals surface area contributed by atoms with Gasteiger partial charge in [-0.25, -0.2) is 5.48 Å². The lowest BCUT2D eigenvalue weighted by Gasteiger charge is -2.31. The first-order valence-corrected chi connectivity index (χ1v) is 9.33. The van der Waals surface area contributed by atoms with Crippen molar-refractivity contribution in [3.8, 4) is 0 Å². The van der Waals surface area contributed by atoms with E-state index in [-0.39, 0.29) is 30.4 Å². The van der Waals surface area contributed by atoms with Crippen molar-refractivity contribution in [3.63, 3.8) is 0 Å². The molecular weight excluding hydrogens is 338 g/mol. The van der Waals surface area contributed by atoms with Gasteiger partial charge in [0.2, 0.25) is 5.91 Å². The number of allylic oxidation sites excluding steroid dienone is 1. The van der Waals surface area contributed by atoms with E-state index in [1.807, 2.05) is 13.0 Å². The Morgan fingerprint density at radius 2 is 1.96 bits per heavy atom. The molecule has 1 saturated carbocycles. The number of hydrogen-bond donors (Lipinski definition) is 4. The molecule has 0 heterocycles. The molecule has 3 unspecified atom stereocenters. The molecule has 0 aromatic heterocycles. The number of unbranched alkanes of at least 4 members (excludes halogenated alkanes) is 1. The molecule has 0 saturated heterocycles. The predicted molar refractivity (Wildman–Crippen MR) is 96.3 cm³/mol. The monoisotopic (exact) mass is 369 g/mol. The molecule has 8 nitrogen and oxygen atoms in total. The van der Waals surface area contributed by atoms with Crippen LogP contribution in [0.5, 0.6) is 0 Å². The summed E-state index contributed by atoms with van der Waals surface area (Å²) >= 11 is 0. The number of esters is 1. The molecule has 0 aliphatic heterocycles. The third-order valence-corrected chi connectivity index (χ3v) is 4.36. The summed E-state index contributed by atoms with van der Waals surface area (Å²) in [6.45, 7) is 3.91. The van der Waals surface area contributed by atoms with Crippen molar-refractivity contribution in [2.45, 2.75) is 64.5 Å². The van der Waals surface area contributed by atoms with Gasteiger partial charge in [-0.1, -0.05) is 38.3 Å². The molecule has 26 heavy (non-hydrogen) atoms. The Morgan fingerprint density at radius 1 is 1.23 bits per heavy atom. The molecule has 3 atom stereocenters. The average molecular weight is 369 g/mol. The van der Waals surface area contributed by atoms with Crippen LogP contribution in [0.15, 0.2) is 12.2 Å². The highest BCUT2D eigenvalue weighted by Gasteiger charge is 2.34. The van der Waals surface area contributed by atoms with E-state index in [1.165, 1.54) is 5.48 Å². The van der Waals surface area contributed by atoms with Crippen LogP contribution in [0.25, 0.3) is 0 Å². The first kappa shape index (κ1) is 22.1. The number of ether oxygens (including phenoxy) is 1. The minimum atomic E-state index is -0.719. The van der Waals surface area contributed by atoms with Crippen molar-refractivity contribution in [3.05, 3.63) is 12.2 Å². The van der Waals surface area contributed by atoms with E-state index < -0.39 is 11.9 Å². The average Bonchev–Trinajstić information content (AvgIpc) is 2.64. The van der Waals surface area contributed by atoms with Gasteiger partial charge < -0.3 is 10.1 Å². The third kappa shape index (κ3) is 7.53. The maximum absolute atomic E-state index is 12.7. The minimum absolute atomic E-state index is 0.197. The van der Waals surface area contributed by atoms with Crippen molar-refractivity contribution in [1.82, 2.24) is 16.1 Å². The Morgan fingerprint density at radius 3 is 2.62 bits per heavy atom. The fourth-order valence-corrected chi connectivity index (χ4v) is 3.00. The number of nitrogens with one attached hydrogen (secondary N) is 3. The van der Waals surface area contributed by atoms with E-state index in [0.29, 0.717) is 13.0 Å². The summed E-state index contributed by atoms with van der Waals surface area (Å²) in [5.41, 5.74) is 1.53. The SMILES string of the molecule is CCCC=CC(NCC(=O)NO)C(=O)NC1CCCCC1C(=O)OCC. The van der Waals surface area contributed by atoms with E-state index in [2.05, 4.69) is 10.6 Å². The molecule has 0 aromatic rings. The topological polar surface area (TPSA) is 117 Å². The highest BCUT2D eigenvalue weighted by Crippen LogP contribution is 2.25. The van der Waals surface area contributed by atoms with E-state index in [4.69, 9.17) is 9.94 Å². The molecular formula is C18H31N3O5.